The van der Waals surface area contributed by atoms with Crippen molar-refractivity contribution in [3.8, 4) is 5.75 Å². The summed E-state index contributed by atoms with van der Waals surface area (Å²) in [5.74, 6) is 1.99. The van der Waals surface area contributed by atoms with E-state index in [1.54, 1.807) is 24.3 Å². The quantitative estimate of drug-likeness (QED) is 0.694. The fourth-order valence-corrected chi connectivity index (χ4v) is 2.28. The molecule has 0 spiro atoms. The van der Waals surface area contributed by atoms with Crippen LogP contribution in [0.1, 0.15) is 36.5 Å². The Labute approximate surface area is 113 Å². The first-order valence-electron chi connectivity index (χ1n) is 6.28. The van der Waals surface area contributed by atoms with Crippen molar-refractivity contribution >= 4 is 17.7 Å². The van der Waals surface area contributed by atoms with Gasteiger partial charge in [-0.15, -0.1) is 0 Å². The normalized spacial score (nSPS) is 10.3. The van der Waals surface area contributed by atoms with E-state index in [0.717, 1.165) is 11.5 Å². The molecule has 0 aliphatic rings. The first-order chi connectivity index (χ1) is 8.74. The van der Waals surface area contributed by atoms with E-state index in [9.17, 15) is 4.79 Å². The fourth-order valence-electron chi connectivity index (χ4n) is 1.47. The van der Waals surface area contributed by atoms with E-state index in [1.165, 1.54) is 25.0 Å². The first kappa shape index (κ1) is 14.9. The zero-order valence-corrected chi connectivity index (χ0v) is 11.5. The van der Waals surface area contributed by atoms with E-state index < -0.39 is 5.97 Å². The van der Waals surface area contributed by atoms with Crippen LogP contribution in [0.2, 0.25) is 0 Å². The van der Waals surface area contributed by atoms with Gasteiger partial charge in [0.15, 0.2) is 0 Å². The molecule has 0 saturated heterocycles. The number of carboxylic acids is 1. The molecule has 0 heterocycles. The molecule has 3 nitrogen and oxygen atoms in total. The summed E-state index contributed by atoms with van der Waals surface area (Å²) in [6, 6.07) is 6.52. The molecule has 0 amide bonds. The Bertz CT molecular complexity index is 349. The molecule has 4 heteroatoms. The molecule has 0 bridgehead atoms. The largest absolute Gasteiger partial charge is 0.493 e. The number of thioether (sulfide) groups is 1. The topological polar surface area (TPSA) is 46.5 Å². The molecule has 1 aromatic rings. The molecule has 0 aromatic heterocycles. The summed E-state index contributed by atoms with van der Waals surface area (Å²) in [7, 11) is 0. The predicted molar refractivity (Wildman–Crippen MR) is 75.7 cm³/mol. The monoisotopic (exact) mass is 268 g/mol. The molecular weight excluding hydrogens is 248 g/mol. The summed E-state index contributed by atoms with van der Waals surface area (Å²) in [5, 5.41) is 8.75. The highest BCUT2D eigenvalue weighted by Gasteiger charge is 2.01. The maximum Gasteiger partial charge on any atom is 0.335 e. The summed E-state index contributed by atoms with van der Waals surface area (Å²) in [6.07, 6.45) is 3.83. The van der Waals surface area contributed by atoms with Crippen LogP contribution in [-0.4, -0.2) is 29.2 Å². The maximum atomic E-state index is 10.7. The van der Waals surface area contributed by atoms with Crippen molar-refractivity contribution in [3.05, 3.63) is 29.8 Å². The highest BCUT2D eigenvalue weighted by Crippen LogP contribution is 2.13. The van der Waals surface area contributed by atoms with Crippen molar-refractivity contribution in [1.29, 1.82) is 0 Å². The molecule has 0 aliphatic carbocycles. The predicted octanol–water partition coefficient (Wildman–Crippen LogP) is 3.69. The van der Waals surface area contributed by atoms with Gasteiger partial charge in [0.05, 0.1) is 12.2 Å². The molecule has 0 radical (unpaired) electrons. The van der Waals surface area contributed by atoms with Gasteiger partial charge in [0.1, 0.15) is 5.75 Å². The van der Waals surface area contributed by atoms with Gasteiger partial charge in [-0.3, -0.25) is 0 Å². The minimum absolute atomic E-state index is 0.288. The van der Waals surface area contributed by atoms with Crippen molar-refractivity contribution in [2.75, 3.05) is 18.1 Å². The minimum Gasteiger partial charge on any atom is -0.493 e. The van der Waals surface area contributed by atoms with E-state index in [2.05, 4.69) is 6.92 Å². The molecule has 1 N–H and O–H groups in total. The Balaban J connectivity index is 2.14. The summed E-state index contributed by atoms with van der Waals surface area (Å²) in [4.78, 5) is 10.7. The summed E-state index contributed by atoms with van der Waals surface area (Å²) < 4.78 is 5.53. The van der Waals surface area contributed by atoms with Crippen molar-refractivity contribution in [3.63, 3.8) is 0 Å². The molecule has 0 unspecified atom stereocenters. The number of aromatic carboxylic acids is 1. The van der Waals surface area contributed by atoms with Gasteiger partial charge < -0.3 is 9.84 Å². The standard InChI is InChI=1S/C14H20O3S/c1-2-3-4-10-18-11-9-17-13-7-5-12(6-8-13)14(15)16/h5-8H,2-4,9-11H2,1H3,(H,15,16). The molecule has 100 valence electrons. The van der Waals surface area contributed by atoms with Gasteiger partial charge in [0.25, 0.3) is 0 Å². The Morgan fingerprint density at radius 1 is 1.22 bits per heavy atom. The average molecular weight is 268 g/mol. The van der Waals surface area contributed by atoms with Crippen LogP contribution in [-0.2, 0) is 0 Å². The maximum absolute atomic E-state index is 10.7. The highest BCUT2D eigenvalue weighted by molar-refractivity contribution is 7.99. The lowest BCUT2D eigenvalue weighted by molar-refractivity contribution is 0.0697. The van der Waals surface area contributed by atoms with Gasteiger partial charge in [-0.1, -0.05) is 19.8 Å². The third kappa shape index (κ3) is 5.96. The zero-order valence-electron chi connectivity index (χ0n) is 10.7. The van der Waals surface area contributed by atoms with Crippen molar-refractivity contribution < 1.29 is 14.6 Å². The number of carbonyl (C=O) groups is 1. The third-order valence-corrected chi connectivity index (χ3v) is 3.52. The smallest absolute Gasteiger partial charge is 0.335 e. The van der Waals surface area contributed by atoms with E-state index in [-0.39, 0.29) is 5.56 Å². The van der Waals surface area contributed by atoms with Crippen LogP contribution in [0.3, 0.4) is 0 Å². The number of carboxylic acid groups (broad SMARTS) is 1. The van der Waals surface area contributed by atoms with Crippen molar-refractivity contribution in [2.45, 2.75) is 26.2 Å². The van der Waals surface area contributed by atoms with Crippen molar-refractivity contribution in [2.24, 2.45) is 0 Å². The second kappa shape index (κ2) is 8.86. The van der Waals surface area contributed by atoms with Gasteiger partial charge in [0, 0.05) is 5.75 Å². The summed E-state index contributed by atoms with van der Waals surface area (Å²) in [6.45, 7) is 2.87. The molecule has 0 aliphatic heterocycles. The first-order valence-corrected chi connectivity index (χ1v) is 7.43. The van der Waals surface area contributed by atoms with Gasteiger partial charge >= 0.3 is 5.97 Å². The van der Waals surface area contributed by atoms with Crippen molar-refractivity contribution in [1.82, 2.24) is 0 Å². The lowest BCUT2D eigenvalue weighted by Crippen LogP contribution is -2.01. The Hall–Kier alpha value is -1.16. The molecule has 1 aromatic carbocycles. The molecule has 1 rings (SSSR count). The Kier molecular flexibility index (Phi) is 7.34. The van der Waals surface area contributed by atoms with Crippen LogP contribution in [0.15, 0.2) is 24.3 Å². The van der Waals surface area contributed by atoms with Gasteiger partial charge in [-0.05, 0) is 36.4 Å². The Morgan fingerprint density at radius 2 is 1.94 bits per heavy atom. The van der Waals surface area contributed by atoms with Crippen LogP contribution in [0.4, 0.5) is 0 Å². The van der Waals surface area contributed by atoms with E-state index in [4.69, 9.17) is 9.84 Å². The second-order valence-corrected chi connectivity index (χ2v) is 5.22. The number of benzene rings is 1. The number of unbranched alkanes of at least 4 members (excludes halogenated alkanes) is 2. The third-order valence-electron chi connectivity index (χ3n) is 2.49. The lowest BCUT2D eigenvalue weighted by Gasteiger charge is -2.06. The van der Waals surface area contributed by atoms with Crippen LogP contribution in [0.25, 0.3) is 0 Å². The average Bonchev–Trinajstić information content (AvgIpc) is 2.38. The number of ether oxygens (including phenoxy) is 1. The van der Waals surface area contributed by atoms with Gasteiger partial charge in [0.2, 0.25) is 0 Å². The second-order valence-electron chi connectivity index (χ2n) is 4.00. The number of hydrogen-bond donors (Lipinski definition) is 1. The number of hydrogen-bond acceptors (Lipinski definition) is 3. The van der Waals surface area contributed by atoms with Crippen LogP contribution < -0.4 is 4.74 Å². The highest BCUT2D eigenvalue weighted by atomic mass is 32.2. The van der Waals surface area contributed by atoms with E-state index >= 15 is 0 Å². The van der Waals surface area contributed by atoms with E-state index in [0.29, 0.717) is 6.61 Å². The summed E-state index contributed by atoms with van der Waals surface area (Å²) in [5.41, 5.74) is 0.288. The zero-order chi connectivity index (χ0) is 13.2. The molecule has 0 saturated carbocycles. The molecule has 0 atom stereocenters. The summed E-state index contributed by atoms with van der Waals surface area (Å²) >= 11 is 1.90. The molecule has 0 fully saturated rings. The fraction of sp³-hybridized carbons (Fsp3) is 0.500. The van der Waals surface area contributed by atoms with Crippen LogP contribution >= 0.6 is 11.8 Å². The lowest BCUT2D eigenvalue weighted by atomic mass is 10.2. The molecular formula is C14H20O3S. The minimum atomic E-state index is -0.909. The Morgan fingerprint density at radius 3 is 2.56 bits per heavy atom. The van der Waals surface area contributed by atoms with E-state index in [1.807, 2.05) is 11.8 Å². The SMILES string of the molecule is CCCCCSCCOc1ccc(C(=O)O)cc1. The molecule has 18 heavy (non-hydrogen) atoms. The van der Waals surface area contributed by atoms with Crippen LogP contribution in [0.5, 0.6) is 5.75 Å². The van der Waals surface area contributed by atoms with Crippen LogP contribution in [0, 0.1) is 0 Å². The number of rotatable bonds is 9. The van der Waals surface area contributed by atoms with Gasteiger partial charge in [-0.25, -0.2) is 4.79 Å². The van der Waals surface area contributed by atoms with Gasteiger partial charge in [-0.2, -0.15) is 11.8 Å².